The van der Waals surface area contributed by atoms with Gasteiger partial charge in [0, 0.05) is 11.6 Å². The van der Waals surface area contributed by atoms with Gasteiger partial charge in [-0.15, -0.1) is 0 Å². The smallest absolute Gasteiger partial charge is 0.542 e. The normalized spacial score (nSPS) is 9.43. The molecule has 64 valence electrons. The fourth-order valence-electron chi connectivity index (χ4n) is 1.07. The van der Waals surface area contributed by atoms with Crippen LogP contribution < -0.4 is 34.7 Å². The van der Waals surface area contributed by atoms with E-state index in [1.807, 2.05) is 12.1 Å². The van der Waals surface area contributed by atoms with E-state index in [0.29, 0.717) is 5.52 Å². The van der Waals surface area contributed by atoms with Gasteiger partial charge in [0.1, 0.15) is 5.97 Å². The molecule has 0 saturated carbocycles. The summed E-state index contributed by atoms with van der Waals surface area (Å²) in [5.41, 5.74) is 0.608. The Bertz CT molecular complexity index is 473. The van der Waals surface area contributed by atoms with Crippen LogP contribution in [-0.2, 0) is 0 Å². The second-order valence-corrected chi connectivity index (χ2v) is 2.54. The quantitative estimate of drug-likeness (QED) is 0.456. The van der Waals surface area contributed by atoms with Crippen molar-refractivity contribution < 1.29 is 39.5 Å². The number of aromatic carboxylic acids is 1. The SMILES string of the molecule is O=C([O-])c1ncc2ccccc2n1.[Na+]. The Morgan fingerprint density at radius 3 is 2.71 bits per heavy atom. The number of carbonyl (C=O) groups is 1. The maximum absolute atomic E-state index is 10.4. The van der Waals surface area contributed by atoms with E-state index in [9.17, 15) is 9.90 Å². The van der Waals surface area contributed by atoms with Crippen molar-refractivity contribution in [3.05, 3.63) is 36.3 Å². The second kappa shape index (κ2) is 4.50. The van der Waals surface area contributed by atoms with Crippen molar-refractivity contribution in [3.8, 4) is 0 Å². The summed E-state index contributed by atoms with van der Waals surface area (Å²) in [5, 5.41) is 11.2. The van der Waals surface area contributed by atoms with Crippen LogP contribution in [0.5, 0.6) is 0 Å². The van der Waals surface area contributed by atoms with E-state index in [4.69, 9.17) is 0 Å². The van der Waals surface area contributed by atoms with E-state index in [-0.39, 0.29) is 35.4 Å². The minimum atomic E-state index is -1.36. The molecule has 1 aromatic heterocycles. The third kappa shape index (κ3) is 2.09. The van der Waals surface area contributed by atoms with Gasteiger partial charge in [-0.2, -0.15) is 0 Å². The Labute approximate surface area is 102 Å². The van der Waals surface area contributed by atoms with Crippen molar-refractivity contribution in [3.63, 3.8) is 0 Å². The van der Waals surface area contributed by atoms with Gasteiger partial charge in [0.05, 0.1) is 5.52 Å². The van der Waals surface area contributed by atoms with Gasteiger partial charge < -0.3 is 9.90 Å². The Balaban J connectivity index is 0.000000980. The Morgan fingerprint density at radius 2 is 2.00 bits per heavy atom. The molecule has 0 unspecified atom stereocenters. The predicted molar refractivity (Wildman–Crippen MR) is 43.9 cm³/mol. The predicted octanol–water partition coefficient (Wildman–Crippen LogP) is -3.00. The third-order valence-corrected chi connectivity index (χ3v) is 1.67. The summed E-state index contributed by atoms with van der Waals surface area (Å²) in [6, 6.07) is 7.16. The van der Waals surface area contributed by atoms with Gasteiger partial charge in [0.25, 0.3) is 0 Å². The number of benzene rings is 1. The van der Waals surface area contributed by atoms with E-state index in [1.54, 1.807) is 12.1 Å². The summed E-state index contributed by atoms with van der Waals surface area (Å²) < 4.78 is 0. The van der Waals surface area contributed by atoms with E-state index >= 15 is 0 Å². The summed E-state index contributed by atoms with van der Waals surface area (Å²) in [5.74, 6) is -1.63. The minimum Gasteiger partial charge on any atom is -0.542 e. The number of hydrogen-bond donors (Lipinski definition) is 0. The van der Waals surface area contributed by atoms with Crippen LogP contribution in [0.15, 0.2) is 30.5 Å². The summed E-state index contributed by atoms with van der Waals surface area (Å²) in [7, 11) is 0. The molecule has 0 saturated heterocycles. The maximum Gasteiger partial charge on any atom is 1.00 e. The molecule has 4 nitrogen and oxygen atoms in total. The molecule has 0 N–H and O–H groups in total. The Kier molecular flexibility index (Phi) is 3.57. The van der Waals surface area contributed by atoms with E-state index < -0.39 is 5.97 Å². The van der Waals surface area contributed by atoms with Crippen molar-refractivity contribution in [2.75, 3.05) is 0 Å². The second-order valence-electron chi connectivity index (χ2n) is 2.54. The van der Waals surface area contributed by atoms with Crippen LogP contribution in [0.1, 0.15) is 10.6 Å². The zero-order chi connectivity index (χ0) is 9.26. The van der Waals surface area contributed by atoms with Crippen molar-refractivity contribution in [2.24, 2.45) is 0 Å². The number of para-hydroxylation sites is 1. The van der Waals surface area contributed by atoms with Gasteiger partial charge in [-0.1, -0.05) is 18.2 Å². The van der Waals surface area contributed by atoms with Gasteiger partial charge in [-0.3, -0.25) is 0 Å². The summed E-state index contributed by atoms with van der Waals surface area (Å²) in [6.45, 7) is 0. The molecule has 1 heterocycles. The van der Waals surface area contributed by atoms with Crippen LogP contribution in [0.4, 0.5) is 0 Å². The van der Waals surface area contributed by atoms with Gasteiger partial charge >= 0.3 is 29.6 Å². The molecular weight excluding hydrogens is 191 g/mol. The van der Waals surface area contributed by atoms with Crippen molar-refractivity contribution in [1.29, 1.82) is 0 Å². The monoisotopic (exact) mass is 196 g/mol. The third-order valence-electron chi connectivity index (χ3n) is 1.67. The van der Waals surface area contributed by atoms with E-state index in [0.717, 1.165) is 5.39 Å². The first-order valence-electron chi connectivity index (χ1n) is 3.70. The largest absolute Gasteiger partial charge is 1.00 e. The number of carboxylic acid groups (broad SMARTS) is 1. The molecule has 0 bridgehead atoms. The molecule has 1 aromatic carbocycles. The number of hydrogen-bond acceptors (Lipinski definition) is 4. The molecule has 0 aliphatic heterocycles. The van der Waals surface area contributed by atoms with Crippen LogP contribution >= 0.6 is 0 Å². The first kappa shape index (κ1) is 11.1. The molecular formula is C9H5N2NaO2. The number of fused-ring (bicyclic) bond motifs is 1. The Hall–Kier alpha value is -0.970. The molecule has 2 rings (SSSR count). The average Bonchev–Trinajstić information content (AvgIpc) is 2.17. The van der Waals surface area contributed by atoms with E-state index in [2.05, 4.69) is 9.97 Å². The van der Waals surface area contributed by atoms with Gasteiger partial charge in [0.15, 0.2) is 5.82 Å². The van der Waals surface area contributed by atoms with Gasteiger partial charge in [0.2, 0.25) is 0 Å². The molecule has 0 amide bonds. The Morgan fingerprint density at radius 1 is 1.29 bits per heavy atom. The molecule has 0 aliphatic carbocycles. The fourth-order valence-corrected chi connectivity index (χ4v) is 1.07. The number of aromatic nitrogens is 2. The van der Waals surface area contributed by atoms with Crippen molar-refractivity contribution >= 4 is 16.9 Å². The van der Waals surface area contributed by atoms with Crippen LogP contribution in [0, 0.1) is 0 Å². The minimum absolute atomic E-state index is 0. The molecule has 0 fully saturated rings. The molecule has 0 radical (unpaired) electrons. The maximum atomic E-state index is 10.4. The van der Waals surface area contributed by atoms with Crippen LogP contribution in [0.25, 0.3) is 10.9 Å². The molecule has 2 aromatic rings. The number of rotatable bonds is 1. The standard InChI is InChI=1S/C9H6N2O2.Na/c12-9(13)8-10-5-6-3-1-2-4-7(6)11-8;/h1-5H,(H,12,13);/q;+1/p-1. The molecule has 0 aliphatic rings. The van der Waals surface area contributed by atoms with Gasteiger partial charge in [-0.05, 0) is 6.07 Å². The first-order chi connectivity index (χ1) is 6.27. The summed E-state index contributed by atoms with van der Waals surface area (Å²) in [4.78, 5) is 17.8. The zero-order valence-corrected chi connectivity index (χ0v) is 9.60. The van der Waals surface area contributed by atoms with Crippen molar-refractivity contribution in [2.45, 2.75) is 0 Å². The van der Waals surface area contributed by atoms with Crippen molar-refractivity contribution in [1.82, 2.24) is 9.97 Å². The number of carbonyl (C=O) groups excluding carboxylic acids is 1. The average molecular weight is 196 g/mol. The molecule has 0 spiro atoms. The summed E-state index contributed by atoms with van der Waals surface area (Å²) >= 11 is 0. The molecule has 14 heavy (non-hydrogen) atoms. The molecule has 0 atom stereocenters. The van der Waals surface area contributed by atoms with Crippen LogP contribution in [0.2, 0.25) is 0 Å². The first-order valence-corrected chi connectivity index (χ1v) is 3.70. The van der Waals surface area contributed by atoms with Crippen LogP contribution in [0.3, 0.4) is 0 Å². The van der Waals surface area contributed by atoms with Crippen LogP contribution in [-0.4, -0.2) is 15.9 Å². The van der Waals surface area contributed by atoms with E-state index in [1.165, 1.54) is 6.20 Å². The molecule has 5 heteroatoms. The van der Waals surface area contributed by atoms with Gasteiger partial charge in [-0.25, -0.2) is 9.97 Å². The number of nitrogens with zero attached hydrogens (tertiary/aromatic N) is 2. The fraction of sp³-hybridized carbons (Fsp3) is 0. The summed E-state index contributed by atoms with van der Waals surface area (Å²) in [6.07, 6.45) is 1.47. The zero-order valence-electron chi connectivity index (χ0n) is 7.60. The number of carboxylic acids is 1. The topological polar surface area (TPSA) is 65.9 Å².